The van der Waals surface area contributed by atoms with Gasteiger partial charge in [0.1, 0.15) is 11.5 Å². The van der Waals surface area contributed by atoms with Crippen molar-refractivity contribution in [2.45, 2.75) is 18.9 Å². The van der Waals surface area contributed by atoms with E-state index in [0.29, 0.717) is 18.2 Å². The van der Waals surface area contributed by atoms with Gasteiger partial charge in [-0.25, -0.2) is 0 Å². The van der Waals surface area contributed by atoms with Crippen LogP contribution in [0.4, 0.5) is 0 Å². The molecule has 1 saturated heterocycles. The monoisotopic (exact) mass is 322 g/mol. The van der Waals surface area contributed by atoms with Gasteiger partial charge in [-0.15, -0.1) is 0 Å². The first-order valence-corrected chi connectivity index (χ1v) is 8.30. The maximum Gasteiger partial charge on any atom is 0.124 e. The predicted molar refractivity (Wildman–Crippen MR) is 92.2 cm³/mol. The van der Waals surface area contributed by atoms with Crippen molar-refractivity contribution in [3.63, 3.8) is 0 Å². The molecule has 130 valence electrons. The second-order valence-corrected chi connectivity index (χ2v) is 6.65. The van der Waals surface area contributed by atoms with E-state index in [2.05, 4.69) is 23.9 Å². The molecular weight excluding hydrogens is 292 g/mol. The van der Waals surface area contributed by atoms with E-state index in [1.807, 2.05) is 18.2 Å². The van der Waals surface area contributed by atoms with E-state index in [4.69, 9.17) is 9.47 Å². The fourth-order valence-electron chi connectivity index (χ4n) is 3.43. The minimum atomic E-state index is -0.571. The zero-order valence-corrected chi connectivity index (χ0v) is 14.8. The van der Waals surface area contributed by atoms with Crippen LogP contribution in [0.25, 0.3) is 0 Å². The van der Waals surface area contributed by atoms with Crippen LogP contribution < -0.4 is 9.47 Å². The Labute approximate surface area is 139 Å². The maximum atomic E-state index is 10.7. The van der Waals surface area contributed by atoms with Crippen LogP contribution in [-0.2, 0) is 0 Å². The number of piperidine rings is 1. The Balaban J connectivity index is 2.02. The summed E-state index contributed by atoms with van der Waals surface area (Å²) in [6, 6.07) is 5.57. The Hall–Kier alpha value is -1.30. The second-order valence-electron chi connectivity index (χ2n) is 6.65. The number of ether oxygens (including phenoxy) is 2. The third-order valence-corrected chi connectivity index (χ3v) is 4.45. The molecule has 0 saturated carbocycles. The highest BCUT2D eigenvalue weighted by Gasteiger charge is 2.24. The molecule has 0 aliphatic carbocycles. The third kappa shape index (κ3) is 5.09. The molecule has 1 aromatic rings. The molecule has 1 N–H and O–H groups in total. The molecule has 1 fully saturated rings. The summed E-state index contributed by atoms with van der Waals surface area (Å²) in [6.45, 7) is 3.83. The van der Waals surface area contributed by atoms with Gasteiger partial charge in [0.25, 0.3) is 0 Å². The average molecular weight is 322 g/mol. The van der Waals surface area contributed by atoms with Crippen LogP contribution >= 0.6 is 0 Å². The first-order chi connectivity index (χ1) is 11.0. The minimum absolute atomic E-state index is 0.571. The van der Waals surface area contributed by atoms with Crippen LogP contribution in [-0.4, -0.2) is 69.4 Å². The Kier molecular flexibility index (Phi) is 6.69. The van der Waals surface area contributed by atoms with Crippen LogP contribution in [0.5, 0.6) is 11.5 Å². The number of β-amino-alcohol motifs (C(OH)–C–C–N with tert-alkyl or cyclic N) is 1. The second kappa shape index (κ2) is 8.52. The topological polar surface area (TPSA) is 45.2 Å². The fraction of sp³-hybridized carbons (Fsp3) is 0.667. The van der Waals surface area contributed by atoms with Crippen molar-refractivity contribution in [1.29, 1.82) is 0 Å². The third-order valence-electron chi connectivity index (χ3n) is 4.45. The van der Waals surface area contributed by atoms with Crippen molar-refractivity contribution in [3.8, 4) is 11.5 Å². The maximum absolute atomic E-state index is 10.7. The number of likely N-dealkylation sites (tertiary alicyclic amines) is 1. The van der Waals surface area contributed by atoms with Crippen LogP contribution in [0.2, 0.25) is 0 Å². The first-order valence-electron chi connectivity index (χ1n) is 8.30. The molecule has 1 aliphatic heterocycles. The highest BCUT2D eigenvalue weighted by molar-refractivity contribution is 5.41. The first kappa shape index (κ1) is 18.0. The summed E-state index contributed by atoms with van der Waals surface area (Å²) in [6.07, 6.45) is 1.89. The average Bonchev–Trinajstić information content (AvgIpc) is 2.53. The van der Waals surface area contributed by atoms with Crippen LogP contribution in [0.1, 0.15) is 24.5 Å². The highest BCUT2D eigenvalue weighted by atomic mass is 16.5. The lowest BCUT2D eigenvalue weighted by molar-refractivity contribution is 0.0768. The molecule has 1 aliphatic rings. The van der Waals surface area contributed by atoms with Gasteiger partial charge in [-0.3, -0.25) is 0 Å². The van der Waals surface area contributed by atoms with Gasteiger partial charge < -0.3 is 24.4 Å². The molecule has 5 heteroatoms. The number of methoxy groups -OCH3 is 2. The molecule has 0 bridgehead atoms. The normalized spacial score (nSPS) is 20.5. The van der Waals surface area contributed by atoms with E-state index in [-0.39, 0.29) is 0 Å². The molecule has 0 aromatic heterocycles. The number of aliphatic hydroxyl groups is 1. The quantitative estimate of drug-likeness (QED) is 0.832. The van der Waals surface area contributed by atoms with Gasteiger partial charge in [-0.1, -0.05) is 0 Å². The molecule has 1 aromatic carbocycles. The van der Waals surface area contributed by atoms with Crippen molar-refractivity contribution in [1.82, 2.24) is 9.80 Å². The standard InChI is InChI=1S/C18H30N2O3/c1-19(2)11-14-6-5-9-20(12-14)13-17(21)16-10-15(22-3)7-8-18(16)23-4/h7-8,10,14,17,21H,5-6,9,11-13H2,1-4H3. The lowest BCUT2D eigenvalue weighted by Gasteiger charge is -2.35. The molecular formula is C18H30N2O3. The summed E-state index contributed by atoms with van der Waals surface area (Å²) in [5.41, 5.74) is 0.793. The Morgan fingerprint density at radius 2 is 2.09 bits per heavy atom. The number of rotatable bonds is 7. The minimum Gasteiger partial charge on any atom is -0.497 e. The van der Waals surface area contributed by atoms with Crippen LogP contribution in [0, 0.1) is 5.92 Å². The van der Waals surface area contributed by atoms with Gasteiger partial charge in [0, 0.05) is 25.2 Å². The van der Waals surface area contributed by atoms with E-state index in [1.54, 1.807) is 14.2 Å². The predicted octanol–water partition coefficient (Wildman–Crippen LogP) is 2.01. The summed E-state index contributed by atoms with van der Waals surface area (Å²) >= 11 is 0. The van der Waals surface area contributed by atoms with E-state index < -0.39 is 6.10 Å². The number of nitrogens with zero attached hydrogens (tertiary/aromatic N) is 2. The molecule has 1 heterocycles. The lowest BCUT2D eigenvalue weighted by atomic mass is 9.96. The molecule has 5 nitrogen and oxygen atoms in total. The van der Waals surface area contributed by atoms with Crippen LogP contribution in [0.15, 0.2) is 18.2 Å². The molecule has 23 heavy (non-hydrogen) atoms. The van der Waals surface area contributed by atoms with Crippen molar-refractivity contribution >= 4 is 0 Å². The van der Waals surface area contributed by atoms with Gasteiger partial charge >= 0.3 is 0 Å². The van der Waals surface area contributed by atoms with E-state index in [0.717, 1.165) is 30.9 Å². The van der Waals surface area contributed by atoms with Crippen molar-refractivity contribution in [2.75, 3.05) is 54.5 Å². The molecule has 2 rings (SSSR count). The van der Waals surface area contributed by atoms with Crippen LogP contribution in [0.3, 0.4) is 0 Å². The Morgan fingerprint density at radius 1 is 1.30 bits per heavy atom. The van der Waals surface area contributed by atoms with Crippen molar-refractivity contribution < 1.29 is 14.6 Å². The largest absolute Gasteiger partial charge is 0.497 e. The highest BCUT2D eigenvalue weighted by Crippen LogP contribution is 2.30. The van der Waals surface area contributed by atoms with Gasteiger partial charge in [0.05, 0.1) is 20.3 Å². The summed E-state index contributed by atoms with van der Waals surface area (Å²) in [4.78, 5) is 4.61. The Bertz CT molecular complexity index is 493. The van der Waals surface area contributed by atoms with Gasteiger partial charge in [-0.05, 0) is 57.6 Å². The van der Waals surface area contributed by atoms with E-state index >= 15 is 0 Å². The van der Waals surface area contributed by atoms with Crippen molar-refractivity contribution in [2.24, 2.45) is 5.92 Å². The number of benzene rings is 1. The zero-order chi connectivity index (χ0) is 16.8. The Morgan fingerprint density at radius 3 is 2.74 bits per heavy atom. The summed E-state index contributed by atoms with van der Waals surface area (Å²) in [5, 5.41) is 10.7. The molecule has 2 atom stereocenters. The number of aliphatic hydroxyl groups excluding tert-OH is 1. The summed E-state index contributed by atoms with van der Waals surface area (Å²) in [5.74, 6) is 2.13. The molecule has 0 radical (unpaired) electrons. The summed E-state index contributed by atoms with van der Waals surface area (Å²) in [7, 11) is 7.50. The number of hydrogen-bond acceptors (Lipinski definition) is 5. The van der Waals surface area contributed by atoms with Gasteiger partial charge in [0.15, 0.2) is 0 Å². The SMILES string of the molecule is COc1ccc(OC)c(C(O)CN2CCCC(CN(C)C)C2)c1. The van der Waals surface area contributed by atoms with Gasteiger partial charge in [-0.2, -0.15) is 0 Å². The van der Waals surface area contributed by atoms with Crippen molar-refractivity contribution in [3.05, 3.63) is 23.8 Å². The van der Waals surface area contributed by atoms with E-state index in [9.17, 15) is 5.11 Å². The lowest BCUT2D eigenvalue weighted by Crippen LogP contribution is -2.41. The fourth-order valence-corrected chi connectivity index (χ4v) is 3.43. The summed E-state index contributed by atoms with van der Waals surface area (Å²) < 4.78 is 10.7. The molecule has 2 unspecified atom stereocenters. The molecule has 0 spiro atoms. The smallest absolute Gasteiger partial charge is 0.124 e. The molecule has 0 amide bonds. The van der Waals surface area contributed by atoms with E-state index in [1.165, 1.54) is 12.8 Å². The number of hydrogen-bond donors (Lipinski definition) is 1. The zero-order valence-electron chi connectivity index (χ0n) is 14.8. The van der Waals surface area contributed by atoms with Gasteiger partial charge in [0.2, 0.25) is 0 Å².